The van der Waals surface area contributed by atoms with Gasteiger partial charge in [0.15, 0.2) is 15.5 Å². The molecule has 13 heteroatoms. The summed E-state index contributed by atoms with van der Waals surface area (Å²) in [6.07, 6.45) is 1.21. The Hall–Kier alpha value is -4.23. The third-order valence-corrected chi connectivity index (χ3v) is 8.25. The zero-order valence-corrected chi connectivity index (χ0v) is 23.9. The maximum absolute atomic E-state index is 13.1. The molecule has 0 radical (unpaired) electrons. The minimum atomic E-state index is -3.49. The molecule has 5 rings (SSSR count). The van der Waals surface area contributed by atoms with Gasteiger partial charge in [0.1, 0.15) is 18.5 Å². The zero-order chi connectivity index (χ0) is 30.2. The van der Waals surface area contributed by atoms with Gasteiger partial charge >= 0.3 is 0 Å². The number of fused-ring (bicyclic) bond motifs is 3. The molecule has 0 spiro atoms. The van der Waals surface area contributed by atoms with Crippen LogP contribution in [0.3, 0.4) is 0 Å². The number of ether oxygens (including phenoxy) is 1. The van der Waals surface area contributed by atoms with E-state index in [4.69, 9.17) is 27.2 Å². The van der Waals surface area contributed by atoms with Crippen LogP contribution in [0.25, 0.3) is 16.9 Å². The third-order valence-electron chi connectivity index (χ3n) is 6.83. The number of nitrogens with one attached hydrogen (secondary N) is 1. The fourth-order valence-electron chi connectivity index (χ4n) is 4.74. The van der Waals surface area contributed by atoms with Gasteiger partial charge in [-0.1, -0.05) is 17.7 Å². The Morgan fingerprint density at radius 2 is 1.86 bits per heavy atom. The normalized spacial score (nSPS) is 13.1. The fraction of sp³-hybridized carbons (Fsp3) is 0.207. The van der Waals surface area contributed by atoms with E-state index in [9.17, 15) is 23.1 Å². The highest BCUT2D eigenvalue weighted by molar-refractivity contribution is 7.90. The number of aliphatic hydroxyl groups is 2. The molecule has 0 bridgehead atoms. The Kier molecular flexibility index (Phi) is 8.06. The summed E-state index contributed by atoms with van der Waals surface area (Å²) in [6.45, 7) is -0.495. The minimum Gasteiger partial charge on any atom is -0.491 e. The van der Waals surface area contributed by atoms with Gasteiger partial charge in [-0.2, -0.15) is 5.10 Å². The van der Waals surface area contributed by atoms with Gasteiger partial charge in [0.2, 0.25) is 0 Å². The standard InChI is InChI=1S/C29H27ClN4O7S/c1-42(39,40)21-9-11-22(25(30)13-21)29(38)32-17-4-2-16-3-10-23-26(28(31)37)33-34(27(23)24(16)12-17)18-5-7-20(8-6-18)41-15-19(36)14-35/h2,4-9,11-13,19,35-36H,3,10,14-15H2,1H3,(H2,31,37)(H,32,38). The summed E-state index contributed by atoms with van der Waals surface area (Å²) in [5, 5.41) is 25.9. The molecule has 0 fully saturated rings. The van der Waals surface area contributed by atoms with E-state index in [0.29, 0.717) is 41.2 Å². The molecule has 1 unspecified atom stereocenters. The molecule has 218 valence electrons. The van der Waals surface area contributed by atoms with Crippen LogP contribution in [0.4, 0.5) is 5.69 Å². The first-order valence-corrected chi connectivity index (χ1v) is 15.1. The van der Waals surface area contributed by atoms with Crippen molar-refractivity contribution in [1.29, 1.82) is 0 Å². The molecule has 11 nitrogen and oxygen atoms in total. The Morgan fingerprint density at radius 3 is 2.50 bits per heavy atom. The van der Waals surface area contributed by atoms with Crippen molar-refractivity contribution in [2.75, 3.05) is 24.8 Å². The highest BCUT2D eigenvalue weighted by Crippen LogP contribution is 2.38. The van der Waals surface area contributed by atoms with Crippen LogP contribution in [0.1, 0.15) is 32.0 Å². The van der Waals surface area contributed by atoms with Gasteiger partial charge in [-0.05, 0) is 73.0 Å². The van der Waals surface area contributed by atoms with Crippen molar-refractivity contribution in [3.8, 4) is 22.7 Å². The van der Waals surface area contributed by atoms with Crippen molar-refractivity contribution in [1.82, 2.24) is 9.78 Å². The van der Waals surface area contributed by atoms with Gasteiger partial charge in [-0.15, -0.1) is 0 Å². The summed E-state index contributed by atoms with van der Waals surface area (Å²) < 4.78 is 30.8. The number of aliphatic hydroxyl groups excluding tert-OH is 2. The molecular weight excluding hydrogens is 584 g/mol. The molecule has 0 saturated heterocycles. The first-order valence-electron chi connectivity index (χ1n) is 12.8. The lowest BCUT2D eigenvalue weighted by Crippen LogP contribution is -2.21. The molecule has 2 amide bonds. The number of carbonyl (C=O) groups excluding carboxylic acids is 2. The average molecular weight is 611 g/mol. The largest absolute Gasteiger partial charge is 0.491 e. The molecule has 1 aliphatic rings. The maximum atomic E-state index is 13.1. The summed E-state index contributed by atoms with van der Waals surface area (Å²) in [7, 11) is -3.49. The van der Waals surface area contributed by atoms with E-state index in [1.165, 1.54) is 18.2 Å². The van der Waals surface area contributed by atoms with Gasteiger partial charge in [0.25, 0.3) is 11.8 Å². The summed E-state index contributed by atoms with van der Waals surface area (Å²) in [4.78, 5) is 25.4. The summed E-state index contributed by atoms with van der Waals surface area (Å²) in [5.41, 5.74) is 10.1. The monoisotopic (exact) mass is 610 g/mol. The lowest BCUT2D eigenvalue weighted by atomic mass is 9.88. The summed E-state index contributed by atoms with van der Waals surface area (Å²) in [6, 6.07) is 16.2. The molecule has 4 aromatic rings. The van der Waals surface area contributed by atoms with Crippen molar-refractivity contribution in [3.63, 3.8) is 0 Å². The van der Waals surface area contributed by atoms with Gasteiger partial charge in [0, 0.05) is 23.1 Å². The Labute approximate surface area is 246 Å². The first-order chi connectivity index (χ1) is 20.0. The van der Waals surface area contributed by atoms with E-state index >= 15 is 0 Å². The van der Waals surface area contributed by atoms with Crippen LogP contribution < -0.4 is 15.8 Å². The SMILES string of the molecule is CS(=O)(=O)c1ccc(C(=O)Nc2ccc3c(c2)-c2c(c(C(N)=O)nn2-c2ccc(OCC(O)CO)cc2)CC3)c(Cl)c1. The Morgan fingerprint density at radius 1 is 1.12 bits per heavy atom. The second-order valence-corrected chi connectivity index (χ2v) is 12.3. The lowest BCUT2D eigenvalue weighted by molar-refractivity contribution is 0.0536. The molecule has 0 saturated carbocycles. The van der Waals surface area contributed by atoms with E-state index in [2.05, 4.69) is 10.4 Å². The van der Waals surface area contributed by atoms with Crippen molar-refractivity contribution >= 4 is 38.9 Å². The van der Waals surface area contributed by atoms with E-state index in [-0.39, 0.29) is 27.8 Å². The Balaban J connectivity index is 1.49. The van der Waals surface area contributed by atoms with Crippen molar-refractivity contribution in [3.05, 3.63) is 88.1 Å². The predicted molar refractivity (Wildman–Crippen MR) is 156 cm³/mol. The van der Waals surface area contributed by atoms with Crippen molar-refractivity contribution < 1.29 is 33.0 Å². The second-order valence-electron chi connectivity index (χ2n) is 9.83. The number of nitrogens with two attached hydrogens (primary N) is 1. The van der Waals surface area contributed by atoms with Gasteiger partial charge in [-0.25, -0.2) is 13.1 Å². The van der Waals surface area contributed by atoms with Crippen LogP contribution in [0.5, 0.6) is 5.75 Å². The number of anilines is 1. The molecule has 1 aliphatic carbocycles. The molecule has 1 aromatic heterocycles. The number of hydrogen-bond acceptors (Lipinski definition) is 8. The van der Waals surface area contributed by atoms with Crippen LogP contribution in [0.2, 0.25) is 5.02 Å². The lowest BCUT2D eigenvalue weighted by Gasteiger charge is -2.20. The second kappa shape index (κ2) is 11.6. The average Bonchev–Trinajstić information content (AvgIpc) is 3.36. The zero-order valence-electron chi connectivity index (χ0n) is 22.4. The molecule has 42 heavy (non-hydrogen) atoms. The van der Waals surface area contributed by atoms with Crippen molar-refractivity contribution in [2.45, 2.75) is 23.8 Å². The van der Waals surface area contributed by atoms with Gasteiger partial charge < -0.3 is 26.0 Å². The molecule has 5 N–H and O–H groups in total. The fourth-order valence-corrected chi connectivity index (χ4v) is 5.72. The van der Waals surface area contributed by atoms with E-state index < -0.39 is 34.4 Å². The smallest absolute Gasteiger partial charge is 0.269 e. The predicted octanol–water partition coefficient (Wildman–Crippen LogP) is 2.78. The van der Waals surface area contributed by atoms with Crippen LogP contribution in [-0.2, 0) is 22.7 Å². The van der Waals surface area contributed by atoms with Crippen LogP contribution >= 0.6 is 11.6 Å². The number of carbonyl (C=O) groups is 2. The van der Waals surface area contributed by atoms with E-state index in [1.54, 1.807) is 41.1 Å². The number of sulfone groups is 1. The number of amides is 2. The molecule has 3 aromatic carbocycles. The number of halogens is 1. The molecular formula is C29H27ClN4O7S. The number of benzene rings is 3. The van der Waals surface area contributed by atoms with Gasteiger partial charge in [0.05, 0.1) is 33.5 Å². The number of primary amides is 1. The third kappa shape index (κ3) is 5.88. The number of nitrogens with zero attached hydrogens (tertiary/aromatic N) is 2. The number of aromatic nitrogens is 2. The maximum Gasteiger partial charge on any atom is 0.269 e. The number of rotatable bonds is 9. The quantitative estimate of drug-likeness (QED) is 0.224. The Bertz CT molecular complexity index is 1800. The number of aryl methyl sites for hydroxylation is 1. The summed E-state index contributed by atoms with van der Waals surface area (Å²) >= 11 is 6.24. The van der Waals surface area contributed by atoms with Gasteiger partial charge in [-0.3, -0.25) is 9.59 Å². The van der Waals surface area contributed by atoms with Crippen LogP contribution in [0.15, 0.2) is 65.6 Å². The highest BCUT2D eigenvalue weighted by Gasteiger charge is 2.28. The van der Waals surface area contributed by atoms with Crippen molar-refractivity contribution in [2.24, 2.45) is 5.73 Å². The topological polar surface area (TPSA) is 174 Å². The summed E-state index contributed by atoms with van der Waals surface area (Å²) in [5.74, 6) is -0.719. The van der Waals surface area contributed by atoms with Crippen LogP contribution in [-0.4, -0.2) is 65.8 Å². The molecule has 1 atom stereocenters. The highest BCUT2D eigenvalue weighted by atomic mass is 35.5. The van der Waals surface area contributed by atoms with E-state index in [0.717, 1.165) is 17.4 Å². The first kappa shape index (κ1) is 29.3. The van der Waals surface area contributed by atoms with E-state index in [1.807, 2.05) is 6.07 Å². The molecule has 0 aliphatic heterocycles. The molecule has 1 heterocycles. The number of hydrogen-bond donors (Lipinski definition) is 4. The minimum absolute atomic E-state index is 0.00172. The van der Waals surface area contributed by atoms with Crippen LogP contribution in [0, 0.1) is 0 Å².